The van der Waals surface area contributed by atoms with Crippen molar-refractivity contribution in [1.82, 2.24) is 10.3 Å². The Morgan fingerprint density at radius 2 is 1.40 bits per heavy atom. The normalized spacial score (nSPS) is 12.2. The van der Waals surface area contributed by atoms with E-state index in [1.807, 2.05) is 0 Å². The lowest BCUT2D eigenvalue weighted by Gasteiger charge is -2.23. The third-order valence-electron chi connectivity index (χ3n) is 4.92. The Morgan fingerprint density at radius 3 is 1.89 bits per heavy atom. The SMILES string of the molecule is Cc1cccc(C(=O)O[C@H](C(=O)O)[C@H](OC(=O)c2cccc(C)c2)C(=O)NCc2ccccn2)c1. The molecule has 0 aliphatic rings. The lowest BCUT2D eigenvalue weighted by Crippen LogP contribution is -2.50. The molecule has 0 radical (unpaired) electrons. The molecule has 1 aromatic heterocycles. The summed E-state index contributed by atoms with van der Waals surface area (Å²) in [4.78, 5) is 54.6. The minimum Gasteiger partial charge on any atom is -0.478 e. The summed E-state index contributed by atoms with van der Waals surface area (Å²) in [6, 6.07) is 17.8. The number of aliphatic carboxylic acids is 1. The molecule has 0 saturated heterocycles. The summed E-state index contributed by atoms with van der Waals surface area (Å²) >= 11 is 0. The monoisotopic (exact) mass is 476 g/mol. The molecule has 2 atom stereocenters. The molecule has 3 rings (SSSR count). The number of carbonyl (C=O) groups is 4. The van der Waals surface area contributed by atoms with Crippen molar-refractivity contribution in [3.05, 3.63) is 101 Å². The zero-order chi connectivity index (χ0) is 25.4. The first-order valence-electron chi connectivity index (χ1n) is 10.7. The van der Waals surface area contributed by atoms with Crippen LogP contribution >= 0.6 is 0 Å². The van der Waals surface area contributed by atoms with Gasteiger partial charge in [0.2, 0.25) is 12.2 Å². The molecule has 9 nitrogen and oxygen atoms in total. The van der Waals surface area contributed by atoms with Crippen LogP contribution in [0.5, 0.6) is 0 Å². The average Bonchev–Trinajstić information content (AvgIpc) is 2.84. The fraction of sp³-hybridized carbons (Fsp3) is 0.192. The van der Waals surface area contributed by atoms with Gasteiger partial charge in [-0.2, -0.15) is 0 Å². The first-order chi connectivity index (χ1) is 16.7. The third kappa shape index (κ3) is 6.97. The molecule has 0 fully saturated rings. The van der Waals surface area contributed by atoms with Crippen molar-refractivity contribution in [2.45, 2.75) is 32.6 Å². The minimum absolute atomic E-state index is 0.0592. The van der Waals surface area contributed by atoms with Crippen molar-refractivity contribution in [2.24, 2.45) is 0 Å². The van der Waals surface area contributed by atoms with E-state index in [4.69, 9.17) is 9.47 Å². The summed E-state index contributed by atoms with van der Waals surface area (Å²) in [6.07, 6.45) is -2.53. The number of benzene rings is 2. The zero-order valence-corrected chi connectivity index (χ0v) is 19.1. The van der Waals surface area contributed by atoms with Gasteiger partial charge in [-0.15, -0.1) is 0 Å². The number of aromatic nitrogens is 1. The van der Waals surface area contributed by atoms with E-state index in [1.165, 1.54) is 30.5 Å². The number of aryl methyl sites for hydroxylation is 2. The van der Waals surface area contributed by atoms with Gasteiger partial charge in [0, 0.05) is 6.20 Å². The maximum Gasteiger partial charge on any atom is 0.349 e. The number of ether oxygens (including phenoxy) is 2. The lowest BCUT2D eigenvalue weighted by molar-refractivity contribution is -0.159. The molecular formula is C26H24N2O7. The lowest BCUT2D eigenvalue weighted by atomic mass is 10.1. The number of amides is 1. The number of rotatable bonds is 9. The Balaban J connectivity index is 1.86. The van der Waals surface area contributed by atoms with Gasteiger partial charge in [-0.05, 0) is 50.2 Å². The predicted molar refractivity (Wildman–Crippen MR) is 124 cm³/mol. The number of carboxylic acid groups (broad SMARTS) is 1. The van der Waals surface area contributed by atoms with Crippen LogP contribution < -0.4 is 5.32 Å². The fourth-order valence-electron chi connectivity index (χ4n) is 3.19. The van der Waals surface area contributed by atoms with Crippen molar-refractivity contribution in [3.8, 4) is 0 Å². The molecular weight excluding hydrogens is 452 g/mol. The van der Waals surface area contributed by atoms with Gasteiger partial charge in [-0.3, -0.25) is 9.78 Å². The second-order valence-electron chi connectivity index (χ2n) is 7.77. The first-order valence-corrected chi connectivity index (χ1v) is 10.7. The molecule has 0 aliphatic heterocycles. The summed E-state index contributed by atoms with van der Waals surface area (Å²) in [5.74, 6) is -4.53. The molecule has 0 bridgehead atoms. The van der Waals surface area contributed by atoms with Crippen LogP contribution in [0.15, 0.2) is 72.9 Å². The summed E-state index contributed by atoms with van der Waals surface area (Å²) < 4.78 is 10.5. The van der Waals surface area contributed by atoms with Gasteiger partial charge in [-0.1, -0.05) is 41.5 Å². The van der Waals surface area contributed by atoms with Crippen LogP contribution in [0.25, 0.3) is 0 Å². The minimum atomic E-state index is -2.10. The molecule has 3 aromatic rings. The molecule has 1 heterocycles. The van der Waals surface area contributed by atoms with Gasteiger partial charge >= 0.3 is 17.9 Å². The van der Waals surface area contributed by atoms with E-state index < -0.39 is 36.0 Å². The third-order valence-corrected chi connectivity index (χ3v) is 4.92. The highest BCUT2D eigenvalue weighted by Gasteiger charge is 2.41. The molecule has 180 valence electrons. The Hall–Kier alpha value is -4.53. The zero-order valence-electron chi connectivity index (χ0n) is 19.1. The van der Waals surface area contributed by atoms with Gasteiger partial charge in [0.1, 0.15) is 0 Å². The second-order valence-corrected chi connectivity index (χ2v) is 7.77. The Kier molecular flexibility index (Phi) is 8.29. The maximum atomic E-state index is 13.0. The van der Waals surface area contributed by atoms with Crippen LogP contribution in [0.3, 0.4) is 0 Å². The second kappa shape index (κ2) is 11.6. The number of pyridine rings is 1. The maximum absolute atomic E-state index is 13.0. The number of nitrogens with one attached hydrogen (secondary N) is 1. The van der Waals surface area contributed by atoms with Crippen LogP contribution in [0.2, 0.25) is 0 Å². The van der Waals surface area contributed by atoms with Gasteiger partial charge in [0.15, 0.2) is 0 Å². The van der Waals surface area contributed by atoms with Crippen LogP contribution in [0, 0.1) is 13.8 Å². The topological polar surface area (TPSA) is 132 Å². The number of carboxylic acids is 1. The molecule has 0 unspecified atom stereocenters. The van der Waals surface area contributed by atoms with Gasteiger partial charge in [-0.25, -0.2) is 14.4 Å². The summed E-state index contributed by atoms with van der Waals surface area (Å²) in [5.41, 5.74) is 2.21. The van der Waals surface area contributed by atoms with Gasteiger partial charge < -0.3 is 19.9 Å². The van der Waals surface area contributed by atoms with Crippen molar-refractivity contribution in [2.75, 3.05) is 0 Å². The van der Waals surface area contributed by atoms with E-state index in [0.29, 0.717) is 5.69 Å². The van der Waals surface area contributed by atoms with E-state index >= 15 is 0 Å². The van der Waals surface area contributed by atoms with Crippen molar-refractivity contribution in [3.63, 3.8) is 0 Å². The standard InChI is InChI=1S/C26H24N2O7/c1-16-7-5-9-18(13-16)25(32)34-21(23(29)28-15-20-11-3-4-12-27-20)22(24(30)31)35-26(33)19-10-6-8-17(2)14-19/h3-14,21-22H,15H2,1-2H3,(H,28,29)(H,30,31)/t21-,22-/m0/s1. The van der Waals surface area contributed by atoms with Crippen molar-refractivity contribution >= 4 is 23.8 Å². The number of esters is 2. The van der Waals surface area contributed by atoms with Gasteiger partial charge in [0.25, 0.3) is 5.91 Å². The number of hydrogen-bond donors (Lipinski definition) is 2. The van der Waals surface area contributed by atoms with Gasteiger partial charge in [0.05, 0.1) is 23.4 Å². The fourth-order valence-corrected chi connectivity index (χ4v) is 3.19. The van der Waals surface area contributed by atoms with Crippen LogP contribution in [-0.4, -0.2) is 46.1 Å². The largest absolute Gasteiger partial charge is 0.478 e. The number of nitrogens with zero attached hydrogens (tertiary/aromatic N) is 1. The van der Waals surface area contributed by atoms with Crippen molar-refractivity contribution in [1.29, 1.82) is 0 Å². The molecule has 2 aromatic carbocycles. The number of carbonyl (C=O) groups excluding carboxylic acids is 3. The van der Waals surface area contributed by atoms with Crippen molar-refractivity contribution < 1.29 is 33.8 Å². The highest BCUT2D eigenvalue weighted by molar-refractivity contribution is 5.96. The summed E-state index contributed by atoms with van der Waals surface area (Å²) in [5, 5.41) is 12.3. The van der Waals surface area contributed by atoms with E-state index in [2.05, 4.69) is 10.3 Å². The molecule has 0 spiro atoms. The highest BCUT2D eigenvalue weighted by Crippen LogP contribution is 2.15. The summed E-state index contributed by atoms with van der Waals surface area (Å²) in [6.45, 7) is 3.46. The molecule has 1 amide bonds. The van der Waals surface area contributed by atoms with Crippen LogP contribution in [0.4, 0.5) is 0 Å². The smallest absolute Gasteiger partial charge is 0.349 e. The Labute approximate surface area is 201 Å². The highest BCUT2D eigenvalue weighted by atomic mass is 16.6. The quantitative estimate of drug-likeness (QED) is 0.451. The van der Waals surface area contributed by atoms with Crippen LogP contribution in [-0.2, 0) is 25.6 Å². The molecule has 9 heteroatoms. The Morgan fingerprint density at radius 1 is 0.829 bits per heavy atom. The molecule has 35 heavy (non-hydrogen) atoms. The van der Waals surface area contributed by atoms with E-state index in [0.717, 1.165) is 11.1 Å². The van der Waals surface area contributed by atoms with E-state index in [1.54, 1.807) is 56.3 Å². The van der Waals surface area contributed by atoms with Crippen LogP contribution in [0.1, 0.15) is 37.5 Å². The molecule has 0 aliphatic carbocycles. The molecule has 2 N–H and O–H groups in total. The molecule has 0 saturated carbocycles. The average molecular weight is 476 g/mol. The Bertz CT molecular complexity index is 1230. The first kappa shape index (κ1) is 25.1. The summed E-state index contributed by atoms with van der Waals surface area (Å²) in [7, 11) is 0. The number of hydrogen-bond acceptors (Lipinski definition) is 7. The van der Waals surface area contributed by atoms with E-state index in [-0.39, 0.29) is 17.7 Å². The predicted octanol–water partition coefficient (Wildman–Crippen LogP) is 2.85. The van der Waals surface area contributed by atoms with E-state index in [9.17, 15) is 24.3 Å².